The van der Waals surface area contributed by atoms with Gasteiger partial charge in [-0.3, -0.25) is 4.57 Å². The summed E-state index contributed by atoms with van der Waals surface area (Å²) in [6.07, 6.45) is 0. The van der Waals surface area contributed by atoms with Crippen molar-refractivity contribution in [2.75, 3.05) is 40.6 Å². The molecule has 0 aliphatic rings. The first kappa shape index (κ1) is 17.4. The summed E-state index contributed by atoms with van der Waals surface area (Å²) >= 11 is 0. The zero-order chi connectivity index (χ0) is 10.2. The number of hydrogen-bond donors (Lipinski definition) is 0. The van der Waals surface area contributed by atoms with Crippen molar-refractivity contribution < 1.29 is 57.5 Å². The maximum Gasteiger partial charge on any atom is 1.00 e. The Hall–Kier alpha value is 1.03. The van der Waals surface area contributed by atoms with Gasteiger partial charge in [0.25, 0.3) is 7.82 Å². The summed E-state index contributed by atoms with van der Waals surface area (Å²) in [5.41, 5.74) is 0. The molecule has 0 aromatic rings. The van der Waals surface area contributed by atoms with E-state index in [-0.39, 0.29) is 56.0 Å². The van der Waals surface area contributed by atoms with Crippen LogP contribution in [0.3, 0.4) is 0 Å². The first-order valence-electron chi connectivity index (χ1n) is 3.70. The number of phosphoric ester groups is 1. The van der Waals surface area contributed by atoms with E-state index in [0.717, 1.165) is 0 Å². The molecule has 0 amide bonds. The molecule has 0 atom stereocenters. The number of hydrogen-bond acceptors (Lipinski definition) is 6. The van der Waals surface area contributed by atoms with Crippen LogP contribution in [0.5, 0.6) is 0 Å². The van der Waals surface area contributed by atoms with Crippen molar-refractivity contribution >= 4 is 7.82 Å². The van der Waals surface area contributed by atoms with Crippen molar-refractivity contribution in [1.82, 2.24) is 0 Å². The molecule has 0 unspecified atom stereocenters. The third-order valence-electron chi connectivity index (χ3n) is 1.07. The number of rotatable bonds is 8. The molecule has 0 aromatic carbocycles. The van der Waals surface area contributed by atoms with Crippen molar-refractivity contribution in [3.63, 3.8) is 0 Å². The van der Waals surface area contributed by atoms with Gasteiger partial charge in [-0.1, -0.05) is 0 Å². The summed E-state index contributed by atoms with van der Waals surface area (Å²) in [5.74, 6) is 0. The van der Waals surface area contributed by atoms with E-state index >= 15 is 0 Å². The van der Waals surface area contributed by atoms with Crippen molar-refractivity contribution in [2.45, 2.75) is 0 Å². The fourth-order valence-electron chi connectivity index (χ4n) is 0.502. The molecule has 0 aliphatic carbocycles. The molecule has 0 heterocycles. The van der Waals surface area contributed by atoms with Crippen LogP contribution in [0.4, 0.5) is 0 Å². The van der Waals surface area contributed by atoms with Gasteiger partial charge in [0.1, 0.15) is 0 Å². The van der Waals surface area contributed by atoms with Crippen molar-refractivity contribution in [2.24, 2.45) is 0 Å². The van der Waals surface area contributed by atoms with Crippen LogP contribution in [0.1, 0.15) is 0 Å². The fourth-order valence-corrected chi connectivity index (χ4v) is 1.17. The Morgan fingerprint density at radius 3 is 1.64 bits per heavy atom. The van der Waals surface area contributed by atoms with Gasteiger partial charge in [-0.15, -0.1) is 0 Å². The van der Waals surface area contributed by atoms with Crippen molar-refractivity contribution in [3.05, 3.63) is 0 Å². The van der Waals surface area contributed by atoms with Crippen LogP contribution in [-0.4, -0.2) is 40.6 Å². The minimum Gasteiger partial charge on any atom is -0.756 e. The summed E-state index contributed by atoms with van der Waals surface area (Å²) in [7, 11) is -1.26. The molecule has 0 bridgehead atoms. The van der Waals surface area contributed by atoms with Crippen molar-refractivity contribution in [3.8, 4) is 0 Å². The number of methoxy groups -OCH3 is 2. The molecule has 0 spiro atoms. The third kappa shape index (κ3) is 11.1. The largest absolute Gasteiger partial charge is 1.00 e. The van der Waals surface area contributed by atoms with E-state index in [2.05, 4.69) is 18.5 Å². The standard InChI is InChI=1S/C6H15O6P.Na/c1-9-3-5-11-13(7,8)12-6-4-10-2;/h3-6H2,1-2H3,(H,7,8);/q;+1/p-1. The first-order valence-corrected chi connectivity index (χ1v) is 5.16. The molecule has 80 valence electrons. The molecule has 0 aliphatic heterocycles. The van der Waals surface area contributed by atoms with Gasteiger partial charge < -0.3 is 23.4 Å². The van der Waals surface area contributed by atoms with Gasteiger partial charge in [-0.25, -0.2) is 0 Å². The van der Waals surface area contributed by atoms with Crippen LogP contribution in [0.25, 0.3) is 0 Å². The molecule has 0 aromatic heterocycles. The van der Waals surface area contributed by atoms with Gasteiger partial charge in [0.15, 0.2) is 0 Å². The molecule has 6 nitrogen and oxygen atoms in total. The monoisotopic (exact) mass is 236 g/mol. The van der Waals surface area contributed by atoms with E-state index in [1.807, 2.05) is 0 Å². The average Bonchev–Trinajstić information content (AvgIpc) is 2.05. The summed E-state index contributed by atoms with van der Waals surface area (Å²) < 4.78 is 28.9. The molecule has 0 radical (unpaired) electrons. The summed E-state index contributed by atoms with van der Waals surface area (Å²) in [4.78, 5) is 10.9. The van der Waals surface area contributed by atoms with Crippen molar-refractivity contribution in [1.29, 1.82) is 0 Å². The Morgan fingerprint density at radius 2 is 1.36 bits per heavy atom. The summed E-state index contributed by atoms with van der Waals surface area (Å²) in [5, 5.41) is 0. The second-order valence-electron chi connectivity index (χ2n) is 2.10. The Kier molecular flexibility index (Phi) is 13.1. The first-order chi connectivity index (χ1) is 6.12. The molecule has 14 heavy (non-hydrogen) atoms. The van der Waals surface area contributed by atoms with Crippen LogP contribution >= 0.6 is 7.82 Å². The fraction of sp³-hybridized carbons (Fsp3) is 1.00. The summed E-state index contributed by atoms with van der Waals surface area (Å²) in [6, 6.07) is 0. The molecular formula is C6H14NaO6P. The topological polar surface area (TPSA) is 77.1 Å². The van der Waals surface area contributed by atoms with Gasteiger partial charge in [0, 0.05) is 14.2 Å². The molecule has 8 heteroatoms. The minimum absolute atomic E-state index is 0. The smallest absolute Gasteiger partial charge is 0.756 e. The second kappa shape index (κ2) is 10.5. The normalized spacial score (nSPS) is 11.1. The van der Waals surface area contributed by atoms with Crippen LogP contribution in [-0.2, 0) is 23.1 Å². The van der Waals surface area contributed by atoms with E-state index in [9.17, 15) is 9.46 Å². The van der Waals surface area contributed by atoms with Gasteiger partial charge >= 0.3 is 29.6 Å². The van der Waals surface area contributed by atoms with E-state index in [4.69, 9.17) is 0 Å². The van der Waals surface area contributed by atoms with Gasteiger partial charge in [0.2, 0.25) is 0 Å². The average molecular weight is 236 g/mol. The quantitative estimate of drug-likeness (QED) is 0.251. The van der Waals surface area contributed by atoms with E-state index in [0.29, 0.717) is 0 Å². The predicted octanol–water partition coefficient (Wildman–Crippen LogP) is -3.22. The Morgan fingerprint density at radius 1 is 1.00 bits per heavy atom. The third-order valence-corrected chi connectivity index (χ3v) is 2.07. The van der Waals surface area contributed by atoms with Crippen LogP contribution in [0.2, 0.25) is 0 Å². The zero-order valence-electron chi connectivity index (χ0n) is 8.73. The Labute approximate surface area is 106 Å². The molecule has 0 saturated heterocycles. The van der Waals surface area contributed by atoms with E-state index in [1.165, 1.54) is 14.2 Å². The number of phosphoric acid groups is 1. The van der Waals surface area contributed by atoms with Crippen LogP contribution in [0, 0.1) is 0 Å². The maximum absolute atomic E-state index is 10.9. The van der Waals surface area contributed by atoms with Gasteiger partial charge in [0.05, 0.1) is 26.4 Å². The van der Waals surface area contributed by atoms with Gasteiger partial charge in [-0.05, 0) is 0 Å². The SMILES string of the molecule is COCCOP(=O)([O-])OCCOC.[Na+]. The molecule has 0 rings (SSSR count). The Balaban J connectivity index is 0. The van der Waals surface area contributed by atoms with Gasteiger partial charge in [-0.2, -0.15) is 0 Å². The molecule has 0 saturated carbocycles. The molecular weight excluding hydrogens is 222 g/mol. The second-order valence-corrected chi connectivity index (χ2v) is 3.51. The van der Waals surface area contributed by atoms with Crippen LogP contribution in [0.15, 0.2) is 0 Å². The summed E-state index contributed by atoms with van der Waals surface area (Å²) in [6.45, 7) is 0.342. The maximum atomic E-state index is 10.9. The zero-order valence-corrected chi connectivity index (χ0v) is 11.6. The molecule has 0 fully saturated rings. The number of ether oxygens (including phenoxy) is 2. The van der Waals surface area contributed by atoms with Crippen LogP contribution < -0.4 is 34.5 Å². The van der Waals surface area contributed by atoms with E-state index in [1.54, 1.807) is 0 Å². The predicted molar refractivity (Wildman–Crippen MR) is 43.3 cm³/mol. The Bertz CT molecular complexity index is 152. The molecule has 0 N–H and O–H groups in total. The van der Waals surface area contributed by atoms with E-state index < -0.39 is 7.82 Å². The minimum atomic E-state index is -4.16.